The fourth-order valence-electron chi connectivity index (χ4n) is 3.00. The van der Waals surface area contributed by atoms with E-state index in [9.17, 15) is 18.0 Å². The predicted molar refractivity (Wildman–Crippen MR) is 127 cm³/mol. The van der Waals surface area contributed by atoms with E-state index in [0.717, 1.165) is 4.90 Å². The lowest BCUT2D eigenvalue weighted by atomic mass is 10.1. The maximum Gasteiger partial charge on any atom is 0.261 e. The van der Waals surface area contributed by atoms with Crippen LogP contribution in [0.3, 0.4) is 0 Å². The van der Waals surface area contributed by atoms with Crippen molar-refractivity contribution >= 4 is 62.3 Å². The fourth-order valence-corrected chi connectivity index (χ4v) is 5.12. The first-order valence-corrected chi connectivity index (χ1v) is 12.3. The monoisotopic (exact) mass is 487 g/mol. The van der Waals surface area contributed by atoms with Gasteiger partial charge in [-0.2, -0.15) is 0 Å². The lowest BCUT2D eigenvalue weighted by Crippen LogP contribution is -2.26. The fraction of sp³-hybridized carbons (Fsp3) is 0.0909. The van der Waals surface area contributed by atoms with Crippen LogP contribution in [0.25, 0.3) is 0 Å². The van der Waals surface area contributed by atoms with Gasteiger partial charge in [0, 0.05) is 26.9 Å². The van der Waals surface area contributed by atoms with Gasteiger partial charge in [0.05, 0.1) is 15.8 Å². The third-order valence-electron chi connectivity index (χ3n) is 4.69. The van der Waals surface area contributed by atoms with E-state index < -0.39 is 10.0 Å². The number of halogens is 1. The zero-order chi connectivity index (χ0) is 22.9. The van der Waals surface area contributed by atoms with Gasteiger partial charge in [-0.1, -0.05) is 11.6 Å². The second-order valence-electron chi connectivity index (χ2n) is 7.05. The Morgan fingerprint density at radius 2 is 1.66 bits per heavy atom. The minimum Gasteiger partial charge on any atom is -0.324 e. The molecule has 0 aromatic heterocycles. The van der Waals surface area contributed by atoms with E-state index in [2.05, 4.69) is 15.4 Å². The Morgan fingerprint density at radius 1 is 1.00 bits per heavy atom. The molecule has 1 atom stereocenters. The Bertz CT molecular complexity index is 1290. The highest BCUT2D eigenvalue weighted by Gasteiger charge is 2.24. The first-order chi connectivity index (χ1) is 15.2. The van der Waals surface area contributed by atoms with Crippen molar-refractivity contribution in [2.24, 2.45) is 0 Å². The van der Waals surface area contributed by atoms with Crippen molar-refractivity contribution in [1.82, 2.24) is 0 Å². The smallest absolute Gasteiger partial charge is 0.261 e. The van der Waals surface area contributed by atoms with Gasteiger partial charge in [-0.15, -0.1) is 11.8 Å². The van der Waals surface area contributed by atoms with Crippen LogP contribution in [0, 0.1) is 0 Å². The van der Waals surface area contributed by atoms with E-state index in [4.69, 9.17) is 11.6 Å². The van der Waals surface area contributed by atoms with Gasteiger partial charge in [0.2, 0.25) is 5.91 Å². The number of hydrogen-bond donors (Lipinski definition) is 3. The highest BCUT2D eigenvalue weighted by atomic mass is 35.5. The van der Waals surface area contributed by atoms with Crippen molar-refractivity contribution in [3.05, 3.63) is 77.3 Å². The third kappa shape index (κ3) is 4.90. The molecule has 164 valence electrons. The summed E-state index contributed by atoms with van der Waals surface area (Å²) < 4.78 is 27.6. The molecule has 1 aliphatic rings. The Kier molecular flexibility index (Phi) is 6.14. The second kappa shape index (κ2) is 8.85. The quantitative estimate of drug-likeness (QED) is 0.478. The van der Waals surface area contributed by atoms with Crippen LogP contribution in [0.4, 0.5) is 17.1 Å². The summed E-state index contributed by atoms with van der Waals surface area (Å²) in [7, 11) is -3.79. The van der Waals surface area contributed by atoms with Gasteiger partial charge >= 0.3 is 0 Å². The second-order valence-corrected chi connectivity index (χ2v) is 10.6. The van der Waals surface area contributed by atoms with E-state index in [0.29, 0.717) is 27.6 Å². The van der Waals surface area contributed by atoms with Crippen LogP contribution < -0.4 is 15.4 Å². The van der Waals surface area contributed by atoms with E-state index in [1.165, 1.54) is 36.0 Å². The maximum atomic E-state index is 12.6. The van der Waals surface area contributed by atoms with E-state index in [1.807, 2.05) is 6.92 Å². The van der Waals surface area contributed by atoms with Gasteiger partial charge < -0.3 is 10.6 Å². The number of anilines is 3. The number of rotatable bonds is 5. The van der Waals surface area contributed by atoms with Gasteiger partial charge in [0.15, 0.2) is 0 Å². The van der Waals surface area contributed by atoms with Crippen molar-refractivity contribution in [2.75, 3.05) is 15.4 Å². The van der Waals surface area contributed by atoms with Crippen LogP contribution in [0.5, 0.6) is 0 Å². The van der Waals surface area contributed by atoms with Gasteiger partial charge in [-0.25, -0.2) is 8.42 Å². The summed E-state index contributed by atoms with van der Waals surface area (Å²) in [4.78, 5) is 25.5. The van der Waals surface area contributed by atoms with Crippen LogP contribution in [0.2, 0.25) is 5.02 Å². The van der Waals surface area contributed by atoms with Crippen LogP contribution in [0.15, 0.2) is 76.5 Å². The molecule has 0 saturated heterocycles. The molecule has 7 nitrogen and oxygen atoms in total. The van der Waals surface area contributed by atoms with E-state index in [-0.39, 0.29) is 22.0 Å². The molecule has 1 heterocycles. The molecule has 0 bridgehead atoms. The minimum atomic E-state index is -3.79. The summed E-state index contributed by atoms with van der Waals surface area (Å²) in [6.07, 6.45) is 0. The summed E-state index contributed by atoms with van der Waals surface area (Å²) in [6.45, 7) is 1.82. The Balaban J connectivity index is 1.45. The molecule has 0 saturated carbocycles. The first kappa shape index (κ1) is 22.2. The number of thioether (sulfide) groups is 1. The molecule has 2 amide bonds. The molecular weight excluding hydrogens is 470 g/mol. The number of amides is 2. The van der Waals surface area contributed by atoms with E-state index in [1.54, 1.807) is 42.5 Å². The standard InChI is InChI=1S/C22H18ClN3O4S2/c1-13-21(27)25-19-12-14(2-11-20(19)31-13)22(28)24-16-7-9-18(10-8-16)32(29,30)26-17-5-3-15(23)4-6-17/h2-13,26H,1H3,(H,24,28)(H,25,27). The topological polar surface area (TPSA) is 104 Å². The Morgan fingerprint density at radius 3 is 2.34 bits per heavy atom. The number of hydrogen-bond acceptors (Lipinski definition) is 5. The van der Waals surface area contributed by atoms with Gasteiger partial charge in [0.1, 0.15) is 0 Å². The maximum absolute atomic E-state index is 12.6. The van der Waals surface area contributed by atoms with Gasteiger partial charge in [0.25, 0.3) is 15.9 Å². The summed E-state index contributed by atoms with van der Waals surface area (Å²) in [6, 6.07) is 17.2. The van der Waals surface area contributed by atoms with Crippen molar-refractivity contribution in [2.45, 2.75) is 22.0 Å². The molecule has 10 heteroatoms. The summed E-state index contributed by atoms with van der Waals surface area (Å²) in [5, 5.41) is 5.84. The Hall–Kier alpha value is -3.01. The number of benzene rings is 3. The van der Waals surface area contributed by atoms with Gasteiger partial charge in [-0.3, -0.25) is 14.3 Å². The van der Waals surface area contributed by atoms with Crippen LogP contribution in [0.1, 0.15) is 17.3 Å². The lowest BCUT2D eigenvalue weighted by Gasteiger charge is -2.21. The molecule has 1 aliphatic heterocycles. The molecule has 0 aliphatic carbocycles. The van der Waals surface area contributed by atoms with Crippen molar-refractivity contribution < 1.29 is 18.0 Å². The zero-order valence-corrected chi connectivity index (χ0v) is 19.1. The van der Waals surface area contributed by atoms with Crippen molar-refractivity contribution in [1.29, 1.82) is 0 Å². The van der Waals surface area contributed by atoms with Crippen LogP contribution in [-0.2, 0) is 14.8 Å². The summed E-state index contributed by atoms with van der Waals surface area (Å²) in [5.41, 5.74) is 1.80. The first-order valence-electron chi connectivity index (χ1n) is 9.53. The molecule has 32 heavy (non-hydrogen) atoms. The number of carbonyl (C=O) groups excluding carboxylic acids is 2. The van der Waals surface area contributed by atoms with E-state index >= 15 is 0 Å². The molecule has 3 aromatic rings. The molecule has 0 spiro atoms. The number of fused-ring (bicyclic) bond motifs is 1. The van der Waals surface area contributed by atoms with Crippen molar-refractivity contribution in [3.63, 3.8) is 0 Å². The van der Waals surface area contributed by atoms with Crippen LogP contribution >= 0.6 is 23.4 Å². The molecule has 1 unspecified atom stereocenters. The number of carbonyl (C=O) groups is 2. The minimum absolute atomic E-state index is 0.0492. The SMILES string of the molecule is CC1Sc2ccc(C(=O)Nc3ccc(S(=O)(=O)Nc4ccc(Cl)cc4)cc3)cc2NC1=O. The molecule has 4 rings (SSSR count). The average molecular weight is 488 g/mol. The molecular formula is C22H18ClN3O4S2. The normalized spacial score (nSPS) is 15.4. The largest absolute Gasteiger partial charge is 0.324 e. The summed E-state index contributed by atoms with van der Waals surface area (Å²) >= 11 is 7.26. The average Bonchev–Trinajstić information content (AvgIpc) is 2.76. The number of nitrogens with one attached hydrogen (secondary N) is 3. The lowest BCUT2D eigenvalue weighted by molar-refractivity contribution is -0.115. The number of sulfonamides is 1. The molecule has 3 N–H and O–H groups in total. The van der Waals surface area contributed by atoms with Crippen LogP contribution in [-0.4, -0.2) is 25.5 Å². The highest BCUT2D eigenvalue weighted by Crippen LogP contribution is 2.36. The molecule has 3 aromatic carbocycles. The van der Waals surface area contributed by atoms with Crippen molar-refractivity contribution in [3.8, 4) is 0 Å². The zero-order valence-electron chi connectivity index (χ0n) is 16.8. The molecule has 0 radical (unpaired) electrons. The Labute approximate surface area is 194 Å². The highest BCUT2D eigenvalue weighted by molar-refractivity contribution is 8.01. The molecule has 0 fully saturated rings. The van der Waals surface area contributed by atoms with Gasteiger partial charge in [-0.05, 0) is 73.7 Å². The predicted octanol–water partition coefficient (Wildman–Crippen LogP) is 4.83. The third-order valence-corrected chi connectivity index (χ3v) is 7.52. The summed E-state index contributed by atoms with van der Waals surface area (Å²) in [5.74, 6) is -0.482.